The van der Waals surface area contributed by atoms with Gasteiger partial charge in [-0.2, -0.15) is 0 Å². The fourth-order valence-corrected chi connectivity index (χ4v) is 1.49. The highest BCUT2D eigenvalue weighted by Crippen LogP contribution is 2.23. The molecule has 0 radical (unpaired) electrons. The zero-order valence-corrected chi connectivity index (χ0v) is 7.19. The van der Waals surface area contributed by atoms with Gasteiger partial charge < -0.3 is 10.5 Å². The highest BCUT2D eigenvalue weighted by Gasteiger charge is 2.22. The maximum absolute atomic E-state index is 5.79. The van der Waals surface area contributed by atoms with E-state index in [1.165, 1.54) is 19.3 Å². The monoisotopic (exact) mass is 165 g/mol. The van der Waals surface area contributed by atoms with E-state index in [9.17, 15) is 0 Å². The molecule has 0 aromatic rings. The van der Waals surface area contributed by atoms with Crippen molar-refractivity contribution in [2.45, 2.75) is 25.3 Å². The van der Waals surface area contributed by atoms with Gasteiger partial charge in [-0.3, -0.25) is 0 Å². The Balaban J connectivity index is 0.000000810. The molecule has 0 amide bonds. The minimum Gasteiger partial charge on any atom is -0.384 e. The van der Waals surface area contributed by atoms with Crippen LogP contribution in [0.1, 0.15) is 19.3 Å². The minimum absolute atomic E-state index is 0. The van der Waals surface area contributed by atoms with Crippen LogP contribution in [0.4, 0.5) is 0 Å². The zero-order chi connectivity index (χ0) is 6.69. The van der Waals surface area contributed by atoms with Crippen LogP contribution in [-0.4, -0.2) is 19.8 Å². The second-order valence-electron chi connectivity index (χ2n) is 2.81. The summed E-state index contributed by atoms with van der Waals surface area (Å²) in [5.74, 6) is 0.634. The van der Waals surface area contributed by atoms with Crippen molar-refractivity contribution in [1.82, 2.24) is 0 Å². The summed E-state index contributed by atoms with van der Waals surface area (Å²) in [6, 6.07) is 0.407. The molecule has 2 nitrogen and oxygen atoms in total. The van der Waals surface area contributed by atoms with Gasteiger partial charge in [0.1, 0.15) is 0 Å². The van der Waals surface area contributed by atoms with Crippen LogP contribution in [0.2, 0.25) is 0 Å². The number of hydrogen-bond donors (Lipinski definition) is 1. The molecule has 1 aliphatic carbocycles. The Morgan fingerprint density at radius 2 is 2.20 bits per heavy atom. The van der Waals surface area contributed by atoms with Crippen LogP contribution >= 0.6 is 12.4 Å². The maximum atomic E-state index is 5.79. The van der Waals surface area contributed by atoms with Crippen LogP contribution in [0.5, 0.6) is 0 Å². The first-order valence-corrected chi connectivity index (χ1v) is 3.59. The molecule has 0 aromatic heterocycles. The van der Waals surface area contributed by atoms with Crippen molar-refractivity contribution in [3.05, 3.63) is 0 Å². The SMILES string of the molecule is COC[C@H]1CCC[C@@H]1N.Cl. The van der Waals surface area contributed by atoms with E-state index in [4.69, 9.17) is 10.5 Å². The van der Waals surface area contributed by atoms with Crippen molar-refractivity contribution in [2.75, 3.05) is 13.7 Å². The Hall–Kier alpha value is 0.210. The minimum atomic E-state index is 0. The number of ether oxygens (including phenoxy) is 1. The lowest BCUT2D eigenvalue weighted by atomic mass is 10.1. The van der Waals surface area contributed by atoms with E-state index < -0.39 is 0 Å². The predicted octanol–water partition coefficient (Wildman–Crippen LogP) is 1.18. The van der Waals surface area contributed by atoms with E-state index in [0.29, 0.717) is 12.0 Å². The smallest absolute Gasteiger partial charge is 0.0505 e. The third-order valence-corrected chi connectivity index (χ3v) is 2.10. The van der Waals surface area contributed by atoms with Gasteiger partial charge in [0.05, 0.1) is 6.61 Å². The van der Waals surface area contributed by atoms with Crippen LogP contribution in [0.15, 0.2) is 0 Å². The predicted molar refractivity (Wildman–Crippen MR) is 44.4 cm³/mol. The van der Waals surface area contributed by atoms with Gasteiger partial charge in [-0.05, 0) is 18.8 Å². The van der Waals surface area contributed by atoms with Gasteiger partial charge in [0, 0.05) is 13.2 Å². The van der Waals surface area contributed by atoms with Crippen molar-refractivity contribution < 1.29 is 4.74 Å². The molecule has 0 spiro atoms. The number of halogens is 1. The molecule has 0 saturated heterocycles. The van der Waals surface area contributed by atoms with Crippen LogP contribution in [-0.2, 0) is 4.74 Å². The normalized spacial score (nSPS) is 31.8. The third-order valence-electron chi connectivity index (χ3n) is 2.10. The second kappa shape index (κ2) is 4.94. The quantitative estimate of drug-likeness (QED) is 0.667. The van der Waals surface area contributed by atoms with Crippen LogP contribution in [0, 0.1) is 5.92 Å². The Kier molecular flexibility index (Phi) is 5.04. The first-order valence-electron chi connectivity index (χ1n) is 3.59. The molecule has 10 heavy (non-hydrogen) atoms. The summed E-state index contributed by atoms with van der Waals surface area (Å²) in [5, 5.41) is 0. The first kappa shape index (κ1) is 10.2. The van der Waals surface area contributed by atoms with Gasteiger partial charge in [0.15, 0.2) is 0 Å². The largest absolute Gasteiger partial charge is 0.384 e. The summed E-state index contributed by atoms with van der Waals surface area (Å²) < 4.78 is 5.02. The van der Waals surface area contributed by atoms with E-state index in [2.05, 4.69) is 0 Å². The molecule has 0 aliphatic heterocycles. The Bertz CT molecular complexity index is 89.7. The topological polar surface area (TPSA) is 35.2 Å². The fourth-order valence-electron chi connectivity index (χ4n) is 1.49. The van der Waals surface area contributed by atoms with Crippen molar-refractivity contribution in [3.63, 3.8) is 0 Å². The Morgan fingerprint density at radius 3 is 2.60 bits per heavy atom. The highest BCUT2D eigenvalue weighted by atomic mass is 35.5. The van der Waals surface area contributed by atoms with E-state index >= 15 is 0 Å². The van der Waals surface area contributed by atoms with E-state index in [1.807, 2.05) is 0 Å². The summed E-state index contributed by atoms with van der Waals surface area (Å²) >= 11 is 0. The van der Waals surface area contributed by atoms with E-state index in [-0.39, 0.29) is 12.4 Å². The first-order chi connectivity index (χ1) is 4.34. The number of nitrogens with two attached hydrogens (primary N) is 1. The van der Waals surface area contributed by atoms with Gasteiger partial charge in [-0.25, -0.2) is 0 Å². The van der Waals surface area contributed by atoms with Crippen molar-refractivity contribution in [2.24, 2.45) is 11.7 Å². The fraction of sp³-hybridized carbons (Fsp3) is 1.00. The summed E-state index contributed by atoms with van der Waals surface area (Å²) in [5.41, 5.74) is 5.79. The van der Waals surface area contributed by atoms with Crippen molar-refractivity contribution >= 4 is 12.4 Å². The molecule has 1 rings (SSSR count). The van der Waals surface area contributed by atoms with Gasteiger partial charge >= 0.3 is 0 Å². The lowest BCUT2D eigenvalue weighted by molar-refractivity contribution is 0.148. The molecule has 62 valence electrons. The molecule has 2 atom stereocenters. The van der Waals surface area contributed by atoms with Gasteiger partial charge in [0.2, 0.25) is 0 Å². The maximum Gasteiger partial charge on any atom is 0.0505 e. The van der Waals surface area contributed by atoms with Crippen LogP contribution in [0.25, 0.3) is 0 Å². The molecule has 3 heteroatoms. The van der Waals surface area contributed by atoms with Crippen molar-refractivity contribution in [3.8, 4) is 0 Å². The molecular weight excluding hydrogens is 150 g/mol. The third kappa shape index (κ3) is 2.45. The number of hydrogen-bond acceptors (Lipinski definition) is 2. The molecule has 2 N–H and O–H groups in total. The summed E-state index contributed by atoms with van der Waals surface area (Å²) in [4.78, 5) is 0. The molecule has 1 fully saturated rings. The number of rotatable bonds is 2. The average Bonchev–Trinajstić information content (AvgIpc) is 2.18. The molecule has 1 aliphatic rings. The number of methoxy groups -OCH3 is 1. The highest BCUT2D eigenvalue weighted by molar-refractivity contribution is 5.85. The lowest BCUT2D eigenvalue weighted by Crippen LogP contribution is -2.27. The Morgan fingerprint density at radius 1 is 1.50 bits per heavy atom. The molecular formula is C7H16ClNO. The van der Waals surface area contributed by atoms with Crippen molar-refractivity contribution in [1.29, 1.82) is 0 Å². The van der Waals surface area contributed by atoms with Crippen LogP contribution in [0.3, 0.4) is 0 Å². The van der Waals surface area contributed by atoms with Gasteiger partial charge in [0.25, 0.3) is 0 Å². The molecule has 0 aromatic carbocycles. The molecule has 0 heterocycles. The van der Waals surface area contributed by atoms with Crippen LogP contribution < -0.4 is 5.73 Å². The standard InChI is InChI=1S/C7H15NO.ClH/c1-9-5-6-3-2-4-7(6)8;/h6-7H,2-5,8H2,1H3;1H/t6-,7+;/m1./s1. The summed E-state index contributed by atoms with van der Waals surface area (Å²) in [7, 11) is 1.74. The van der Waals surface area contributed by atoms with Gasteiger partial charge in [-0.15, -0.1) is 12.4 Å². The Labute approximate surface area is 68.5 Å². The second-order valence-corrected chi connectivity index (χ2v) is 2.81. The molecule has 0 bridgehead atoms. The van der Waals surface area contributed by atoms with E-state index in [1.54, 1.807) is 7.11 Å². The van der Waals surface area contributed by atoms with Gasteiger partial charge in [-0.1, -0.05) is 6.42 Å². The van der Waals surface area contributed by atoms with E-state index in [0.717, 1.165) is 6.61 Å². The average molecular weight is 166 g/mol. The molecule has 1 saturated carbocycles. The summed E-state index contributed by atoms with van der Waals surface area (Å²) in [6.45, 7) is 0.848. The zero-order valence-electron chi connectivity index (χ0n) is 6.38. The summed E-state index contributed by atoms with van der Waals surface area (Å²) in [6.07, 6.45) is 3.73. The molecule has 0 unspecified atom stereocenters. The lowest BCUT2D eigenvalue weighted by Gasteiger charge is -2.12.